The summed E-state index contributed by atoms with van der Waals surface area (Å²) in [6.45, 7) is 2.10. The van der Waals surface area contributed by atoms with Crippen LogP contribution in [0.3, 0.4) is 0 Å². The van der Waals surface area contributed by atoms with Crippen molar-refractivity contribution in [1.29, 1.82) is 0 Å². The summed E-state index contributed by atoms with van der Waals surface area (Å²) in [5.41, 5.74) is -0.629. The first-order valence-electron chi connectivity index (χ1n) is 7.74. The zero-order chi connectivity index (χ0) is 16.2. The second-order valence-electron chi connectivity index (χ2n) is 6.09. The van der Waals surface area contributed by atoms with E-state index in [2.05, 4.69) is 12.2 Å². The summed E-state index contributed by atoms with van der Waals surface area (Å²) in [7, 11) is 0. The fourth-order valence-electron chi connectivity index (χ4n) is 3.11. The van der Waals surface area contributed by atoms with E-state index >= 15 is 0 Å². The number of nitrogens with one attached hydrogen (secondary N) is 1. The maximum absolute atomic E-state index is 13.1. The third-order valence-electron chi connectivity index (χ3n) is 4.58. The Labute approximate surface area is 129 Å². The number of benzene rings is 1. The lowest BCUT2D eigenvalue weighted by Gasteiger charge is -2.37. The predicted molar refractivity (Wildman–Crippen MR) is 80.9 cm³/mol. The molecule has 4 nitrogen and oxygen atoms in total. The molecule has 0 bridgehead atoms. The highest BCUT2D eigenvalue weighted by molar-refractivity contribution is 5.88. The lowest BCUT2D eigenvalue weighted by molar-refractivity contribution is -0.149. The Kier molecular flexibility index (Phi) is 5.16. The molecule has 0 heterocycles. The van der Waals surface area contributed by atoms with Crippen LogP contribution < -0.4 is 5.32 Å². The van der Waals surface area contributed by atoms with E-state index in [0.29, 0.717) is 24.3 Å². The van der Waals surface area contributed by atoms with Crippen LogP contribution in [0.2, 0.25) is 0 Å². The van der Waals surface area contributed by atoms with E-state index < -0.39 is 17.3 Å². The highest BCUT2D eigenvalue weighted by atomic mass is 19.1. The summed E-state index contributed by atoms with van der Waals surface area (Å²) in [6, 6.07) is 5.80. The molecule has 0 aromatic heterocycles. The third kappa shape index (κ3) is 3.84. The fraction of sp³-hybridized carbons (Fsp3) is 0.529. The quantitative estimate of drug-likeness (QED) is 0.879. The lowest BCUT2D eigenvalue weighted by Crippen LogP contribution is -2.56. The maximum Gasteiger partial charge on any atom is 0.329 e. The molecule has 0 saturated heterocycles. The topological polar surface area (TPSA) is 66.4 Å². The van der Waals surface area contributed by atoms with Crippen molar-refractivity contribution in [3.8, 4) is 0 Å². The average Bonchev–Trinajstić information content (AvgIpc) is 2.47. The first kappa shape index (κ1) is 16.5. The molecule has 1 saturated carbocycles. The molecule has 22 heavy (non-hydrogen) atoms. The number of hydrogen-bond acceptors (Lipinski definition) is 2. The molecule has 1 aromatic rings. The largest absolute Gasteiger partial charge is 0.480 e. The number of aliphatic carboxylic acids is 1. The first-order valence-corrected chi connectivity index (χ1v) is 7.74. The second-order valence-corrected chi connectivity index (χ2v) is 6.09. The molecule has 5 heteroatoms. The highest BCUT2D eigenvalue weighted by Gasteiger charge is 2.42. The van der Waals surface area contributed by atoms with Crippen molar-refractivity contribution < 1.29 is 19.1 Å². The Bertz CT molecular complexity index is 551. The normalized spacial score (nSPS) is 24.7. The van der Waals surface area contributed by atoms with Gasteiger partial charge in [0, 0.05) is 0 Å². The molecule has 0 radical (unpaired) electrons. The van der Waals surface area contributed by atoms with Crippen LogP contribution in [-0.4, -0.2) is 22.5 Å². The summed E-state index contributed by atoms with van der Waals surface area (Å²) >= 11 is 0. The minimum Gasteiger partial charge on any atom is -0.480 e. The fourth-order valence-corrected chi connectivity index (χ4v) is 3.11. The number of carbonyl (C=O) groups excluding carboxylic acids is 1. The molecule has 1 aliphatic rings. The zero-order valence-electron chi connectivity index (χ0n) is 12.8. The van der Waals surface area contributed by atoms with Gasteiger partial charge < -0.3 is 10.4 Å². The Morgan fingerprint density at radius 3 is 2.59 bits per heavy atom. The SMILES string of the molecule is CCC1CCC(NC(=O)Cc2cccc(F)c2)(C(=O)O)CC1. The summed E-state index contributed by atoms with van der Waals surface area (Å²) in [4.78, 5) is 23.8. The van der Waals surface area contributed by atoms with Gasteiger partial charge in [-0.15, -0.1) is 0 Å². The van der Waals surface area contributed by atoms with Gasteiger partial charge in [0.1, 0.15) is 11.4 Å². The van der Waals surface area contributed by atoms with Crippen LogP contribution in [0.4, 0.5) is 4.39 Å². The summed E-state index contributed by atoms with van der Waals surface area (Å²) in [6.07, 6.45) is 3.55. The minimum absolute atomic E-state index is 0.00992. The molecule has 2 N–H and O–H groups in total. The molecular formula is C17H22FNO3. The van der Waals surface area contributed by atoms with Gasteiger partial charge in [0.15, 0.2) is 0 Å². The molecule has 1 aromatic carbocycles. The van der Waals surface area contributed by atoms with Gasteiger partial charge in [0.05, 0.1) is 6.42 Å². The van der Waals surface area contributed by atoms with Crippen LogP contribution >= 0.6 is 0 Å². The Morgan fingerprint density at radius 2 is 2.05 bits per heavy atom. The predicted octanol–water partition coefficient (Wildman–Crippen LogP) is 2.91. The van der Waals surface area contributed by atoms with Crippen molar-refractivity contribution in [3.63, 3.8) is 0 Å². The van der Waals surface area contributed by atoms with Crippen LogP contribution in [0.15, 0.2) is 24.3 Å². The van der Waals surface area contributed by atoms with E-state index in [1.54, 1.807) is 6.07 Å². The van der Waals surface area contributed by atoms with Gasteiger partial charge in [-0.25, -0.2) is 9.18 Å². The maximum atomic E-state index is 13.1. The second kappa shape index (κ2) is 6.90. The highest BCUT2D eigenvalue weighted by Crippen LogP contribution is 2.34. The van der Waals surface area contributed by atoms with Gasteiger partial charge in [0.25, 0.3) is 0 Å². The standard InChI is InChI=1S/C17H22FNO3/c1-2-12-6-8-17(9-7-12,16(21)22)19-15(20)11-13-4-3-5-14(18)10-13/h3-5,10,12H,2,6-9,11H2,1H3,(H,19,20)(H,21,22). The van der Waals surface area contributed by atoms with Crippen LogP contribution in [0.5, 0.6) is 0 Å². The lowest BCUT2D eigenvalue weighted by atomic mass is 9.75. The van der Waals surface area contributed by atoms with Crippen molar-refractivity contribution in [2.24, 2.45) is 5.92 Å². The number of halogens is 1. The van der Waals surface area contributed by atoms with Gasteiger partial charge in [0.2, 0.25) is 5.91 Å². The van der Waals surface area contributed by atoms with Crippen molar-refractivity contribution in [3.05, 3.63) is 35.6 Å². The van der Waals surface area contributed by atoms with Crippen LogP contribution in [0, 0.1) is 11.7 Å². The van der Waals surface area contributed by atoms with E-state index in [1.165, 1.54) is 18.2 Å². The van der Waals surface area contributed by atoms with Gasteiger partial charge in [-0.1, -0.05) is 25.5 Å². The van der Waals surface area contributed by atoms with Crippen LogP contribution in [-0.2, 0) is 16.0 Å². The van der Waals surface area contributed by atoms with Gasteiger partial charge in [-0.3, -0.25) is 4.79 Å². The molecule has 1 aliphatic carbocycles. The number of hydrogen-bond donors (Lipinski definition) is 2. The Hall–Kier alpha value is -1.91. The number of carboxylic acids is 1. The average molecular weight is 307 g/mol. The molecule has 2 rings (SSSR count). The number of carbonyl (C=O) groups is 2. The molecule has 0 atom stereocenters. The smallest absolute Gasteiger partial charge is 0.329 e. The Morgan fingerprint density at radius 1 is 1.36 bits per heavy atom. The molecule has 0 aliphatic heterocycles. The van der Waals surface area contributed by atoms with E-state index in [1.807, 2.05) is 0 Å². The van der Waals surface area contributed by atoms with Gasteiger partial charge in [-0.2, -0.15) is 0 Å². The Balaban J connectivity index is 2.02. The van der Waals surface area contributed by atoms with E-state index in [0.717, 1.165) is 19.3 Å². The van der Waals surface area contributed by atoms with E-state index in [9.17, 15) is 19.1 Å². The van der Waals surface area contributed by atoms with Crippen LogP contribution in [0.25, 0.3) is 0 Å². The zero-order valence-corrected chi connectivity index (χ0v) is 12.8. The van der Waals surface area contributed by atoms with Gasteiger partial charge in [-0.05, 0) is 49.3 Å². The summed E-state index contributed by atoms with van der Waals surface area (Å²) < 4.78 is 13.1. The van der Waals surface area contributed by atoms with Crippen molar-refractivity contribution in [1.82, 2.24) is 5.32 Å². The number of amides is 1. The molecule has 0 unspecified atom stereocenters. The van der Waals surface area contributed by atoms with E-state index in [-0.39, 0.29) is 12.3 Å². The monoisotopic (exact) mass is 307 g/mol. The molecule has 1 fully saturated rings. The van der Waals surface area contributed by atoms with Crippen molar-refractivity contribution in [2.45, 2.75) is 51.0 Å². The van der Waals surface area contributed by atoms with Gasteiger partial charge >= 0.3 is 5.97 Å². The molecule has 120 valence electrons. The van der Waals surface area contributed by atoms with E-state index in [4.69, 9.17) is 0 Å². The van der Waals surface area contributed by atoms with Crippen molar-refractivity contribution in [2.75, 3.05) is 0 Å². The number of rotatable bonds is 5. The van der Waals surface area contributed by atoms with Crippen LogP contribution in [0.1, 0.15) is 44.6 Å². The third-order valence-corrected chi connectivity index (χ3v) is 4.58. The molecular weight excluding hydrogens is 285 g/mol. The molecule has 1 amide bonds. The van der Waals surface area contributed by atoms with Crippen molar-refractivity contribution >= 4 is 11.9 Å². The number of carboxylic acid groups (broad SMARTS) is 1. The summed E-state index contributed by atoms with van der Waals surface area (Å²) in [5.74, 6) is -1.22. The minimum atomic E-state index is -1.17. The summed E-state index contributed by atoms with van der Waals surface area (Å²) in [5, 5.41) is 12.2. The molecule has 0 spiro atoms. The first-order chi connectivity index (χ1) is 10.4.